The number of nitro groups is 1. The molecule has 0 aliphatic carbocycles. The second-order valence-electron chi connectivity index (χ2n) is 4.64. The van der Waals surface area contributed by atoms with E-state index in [4.69, 9.17) is 9.47 Å². The fourth-order valence-corrected chi connectivity index (χ4v) is 2.31. The maximum Gasteiger partial charge on any atom is 0.291 e. The van der Waals surface area contributed by atoms with Crippen LogP contribution in [0.2, 0.25) is 0 Å². The predicted octanol–water partition coefficient (Wildman–Crippen LogP) is 3.45. The molecule has 0 spiro atoms. The Balaban J connectivity index is 2.08. The van der Waals surface area contributed by atoms with E-state index in [1.807, 2.05) is 30.3 Å². The zero-order valence-electron chi connectivity index (χ0n) is 11.4. The van der Waals surface area contributed by atoms with Gasteiger partial charge in [0.1, 0.15) is 11.5 Å². The fourth-order valence-electron chi connectivity index (χ4n) is 2.31. The molecule has 0 fully saturated rings. The molecule has 5 nitrogen and oxygen atoms in total. The first-order chi connectivity index (χ1) is 10.2. The summed E-state index contributed by atoms with van der Waals surface area (Å²) in [7, 11) is 1.55. The van der Waals surface area contributed by atoms with Gasteiger partial charge in [0.2, 0.25) is 6.10 Å². The molecule has 0 radical (unpaired) electrons. The summed E-state index contributed by atoms with van der Waals surface area (Å²) in [6.07, 6.45) is 0.834. The van der Waals surface area contributed by atoms with Gasteiger partial charge in [0.25, 0.3) is 5.70 Å². The molecule has 1 heterocycles. The van der Waals surface area contributed by atoms with Gasteiger partial charge in [-0.25, -0.2) is 0 Å². The van der Waals surface area contributed by atoms with Gasteiger partial charge >= 0.3 is 0 Å². The quantitative estimate of drug-likeness (QED) is 0.639. The summed E-state index contributed by atoms with van der Waals surface area (Å²) in [5.74, 6) is 1.24. The third-order valence-corrected chi connectivity index (χ3v) is 3.35. The number of fused-ring (bicyclic) bond motifs is 1. The second kappa shape index (κ2) is 5.28. The fraction of sp³-hybridized carbons (Fsp3) is 0.125. The molecule has 5 heteroatoms. The topological polar surface area (TPSA) is 61.6 Å². The number of nitrogens with zero attached hydrogens (tertiary/aromatic N) is 1. The third-order valence-electron chi connectivity index (χ3n) is 3.35. The van der Waals surface area contributed by atoms with Crippen LogP contribution in [0.25, 0.3) is 6.08 Å². The van der Waals surface area contributed by atoms with E-state index in [1.54, 1.807) is 31.4 Å². The first-order valence-electron chi connectivity index (χ1n) is 6.44. The first kappa shape index (κ1) is 13.2. The van der Waals surface area contributed by atoms with Crippen LogP contribution < -0.4 is 9.47 Å². The number of hydrogen-bond acceptors (Lipinski definition) is 4. The van der Waals surface area contributed by atoms with Gasteiger partial charge in [0.15, 0.2) is 0 Å². The molecule has 2 aromatic rings. The van der Waals surface area contributed by atoms with E-state index in [2.05, 4.69) is 0 Å². The summed E-state index contributed by atoms with van der Waals surface area (Å²) in [5.41, 5.74) is 1.41. The van der Waals surface area contributed by atoms with E-state index in [1.165, 1.54) is 0 Å². The molecular weight excluding hydrogens is 270 g/mol. The van der Waals surface area contributed by atoms with Crippen molar-refractivity contribution in [1.82, 2.24) is 0 Å². The standard InChI is InChI=1S/C16H13NO4/c1-20-13-7-8-15-12(9-13)10-14(17(18)19)16(21-15)11-5-3-2-4-6-11/h2-10,16H,1H3. The number of ether oxygens (including phenoxy) is 2. The smallest absolute Gasteiger partial charge is 0.291 e. The molecule has 0 N–H and O–H groups in total. The zero-order valence-corrected chi connectivity index (χ0v) is 11.4. The van der Waals surface area contributed by atoms with E-state index in [-0.39, 0.29) is 5.70 Å². The predicted molar refractivity (Wildman–Crippen MR) is 77.8 cm³/mol. The van der Waals surface area contributed by atoms with Crippen molar-refractivity contribution in [1.29, 1.82) is 0 Å². The summed E-state index contributed by atoms with van der Waals surface area (Å²) in [6.45, 7) is 0. The lowest BCUT2D eigenvalue weighted by Crippen LogP contribution is -2.19. The average molecular weight is 283 g/mol. The van der Waals surface area contributed by atoms with Crippen molar-refractivity contribution in [3.05, 3.63) is 75.5 Å². The Kier molecular flexibility index (Phi) is 3.31. The van der Waals surface area contributed by atoms with Crippen LogP contribution in [0, 0.1) is 10.1 Å². The average Bonchev–Trinajstić information content (AvgIpc) is 2.53. The van der Waals surface area contributed by atoms with Gasteiger partial charge in [-0.2, -0.15) is 0 Å². The summed E-state index contributed by atoms with van der Waals surface area (Å²) >= 11 is 0. The minimum absolute atomic E-state index is 0.0157. The Bertz CT molecular complexity index is 709. The van der Waals surface area contributed by atoms with Crippen LogP contribution in [0.3, 0.4) is 0 Å². The van der Waals surface area contributed by atoms with Crippen molar-refractivity contribution in [3.63, 3.8) is 0 Å². The molecule has 0 saturated carbocycles. The van der Waals surface area contributed by atoms with E-state index in [9.17, 15) is 10.1 Å². The maximum absolute atomic E-state index is 11.3. The van der Waals surface area contributed by atoms with Crippen LogP contribution in [0.15, 0.2) is 54.2 Å². The monoisotopic (exact) mass is 283 g/mol. The van der Waals surface area contributed by atoms with E-state index < -0.39 is 11.0 Å². The highest BCUT2D eigenvalue weighted by molar-refractivity contribution is 5.64. The van der Waals surface area contributed by atoms with Crippen molar-refractivity contribution < 1.29 is 14.4 Å². The molecule has 21 heavy (non-hydrogen) atoms. The molecule has 1 atom stereocenters. The van der Waals surface area contributed by atoms with Gasteiger partial charge in [-0.3, -0.25) is 10.1 Å². The van der Waals surface area contributed by atoms with Gasteiger partial charge in [-0.1, -0.05) is 30.3 Å². The SMILES string of the molecule is COc1ccc2c(c1)C=C([N+](=O)[O-])C(c1ccccc1)O2. The first-order valence-corrected chi connectivity index (χ1v) is 6.44. The Morgan fingerprint density at radius 1 is 1.19 bits per heavy atom. The minimum Gasteiger partial charge on any atom is -0.497 e. The van der Waals surface area contributed by atoms with Crippen molar-refractivity contribution in [2.75, 3.05) is 7.11 Å². The van der Waals surface area contributed by atoms with Crippen molar-refractivity contribution in [3.8, 4) is 11.5 Å². The molecule has 1 aliphatic heterocycles. The zero-order chi connectivity index (χ0) is 14.8. The van der Waals surface area contributed by atoms with Crippen LogP contribution >= 0.6 is 0 Å². The molecule has 0 bridgehead atoms. The summed E-state index contributed by atoms with van der Waals surface area (Å²) in [5, 5.41) is 11.3. The highest BCUT2D eigenvalue weighted by Crippen LogP contribution is 2.38. The Labute approximate surface area is 121 Å². The lowest BCUT2D eigenvalue weighted by atomic mass is 10.0. The van der Waals surface area contributed by atoms with E-state index >= 15 is 0 Å². The Hall–Kier alpha value is -2.82. The van der Waals surface area contributed by atoms with Gasteiger partial charge < -0.3 is 9.47 Å². The van der Waals surface area contributed by atoms with Crippen LogP contribution in [0.5, 0.6) is 11.5 Å². The van der Waals surface area contributed by atoms with Gasteiger partial charge in [-0.05, 0) is 18.2 Å². The molecule has 0 amide bonds. The molecule has 1 aliphatic rings. The third kappa shape index (κ3) is 2.45. The molecule has 3 rings (SSSR count). The number of methoxy groups -OCH3 is 1. The lowest BCUT2D eigenvalue weighted by molar-refractivity contribution is -0.434. The summed E-state index contributed by atoms with van der Waals surface area (Å²) in [4.78, 5) is 10.9. The van der Waals surface area contributed by atoms with Crippen molar-refractivity contribution in [2.24, 2.45) is 0 Å². The lowest BCUT2D eigenvalue weighted by Gasteiger charge is -2.23. The van der Waals surface area contributed by atoms with Gasteiger partial charge in [-0.15, -0.1) is 0 Å². The number of rotatable bonds is 3. The van der Waals surface area contributed by atoms with Crippen LogP contribution in [0.4, 0.5) is 0 Å². The molecule has 0 aromatic heterocycles. The number of benzene rings is 2. The van der Waals surface area contributed by atoms with E-state index in [0.29, 0.717) is 17.1 Å². The van der Waals surface area contributed by atoms with Crippen molar-refractivity contribution >= 4 is 6.08 Å². The Morgan fingerprint density at radius 2 is 1.95 bits per heavy atom. The molecule has 0 saturated heterocycles. The molecule has 2 aromatic carbocycles. The van der Waals surface area contributed by atoms with Crippen LogP contribution in [-0.4, -0.2) is 12.0 Å². The van der Waals surface area contributed by atoms with Crippen LogP contribution in [0.1, 0.15) is 17.2 Å². The van der Waals surface area contributed by atoms with Gasteiger partial charge in [0, 0.05) is 17.2 Å². The minimum atomic E-state index is -0.706. The summed E-state index contributed by atoms with van der Waals surface area (Å²) < 4.78 is 11.0. The van der Waals surface area contributed by atoms with E-state index in [0.717, 1.165) is 5.56 Å². The maximum atomic E-state index is 11.3. The summed E-state index contributed by atoms with van der Waals surface area (Å²) in [6, 6.07) is 14.4. The van der Waals surface area contributed by atoms with Crippen molar-refractivity contribution in [2.45, 2.75) is 6.10 Å². The van der Waals surface area contributed by atoms with Crippen LogP contribution in [-0.2, 0) is 0 Å². The highest BCUT2D eigenvalue weighted by Gasteiger charge is 2.33. The highest BCUT2D eigenvalue weighted by atomic mass is 16.6. The molecule has 106 valence electrons. The normalized spacial score (nSPS) is 16.4. The molecule has 1 unspecified atom stereocenters. The number of hydrogen-bond donors (Lipinski definition) is 0. The molecular formula is C16H13NO4. The second-order valence-corrected chi connectivity index (χ2v) is 4.64. The Morgan fingerprint density at radius 3 is 2.62 bits per heavy atom. The largest absolute Gasteiger partial charge is 0.497 e. The van der Waals surface area contributed by atoms with Gasteiger partial charge in [0.05, 0.1) is 12.0 Å².